The van der Waals surface area contributed by atoms with E-state index in [1.165, 1.54) is 19.1 Å². The molecule has 21 heavy (non-hydrogen) atoms. The quantitative estimate of drug-likeness (QED) is 0.572. The van der Waals surface area contributed by atoms with Crippen LogP contribution in [0.15, 0.2) is 22.7 Å². The maximum atomic E-state index is 11.4. The molecule has 0 amide bonds. The molecule has 0 aromatic heterocycles. The van der Waals surface area contributed by atoms with Crippen LogP contribution < -0.4 is 10.1 Å². The molecule has 0 aliphatic rings. The minimum absolute atomic E-state index is 0.0144. The molecule has 0 spiro atoms. The number of rotatable bonds is 7. The van der Waals surface area contributed by atoms with Gasteiger partial charge in [-0.25, -0.2) is 0 Å². The molecule has 0 fully saturated rings. The number of hydrogen-bond acceptors (Lipinski definition) is 5. The second-order valence-corrected chi connectivity index (χ2v) is 5.92. The number of nitro benzene ring substituents is 1. The minimum Gasteiger partial charge on any atom is -0.483 e. The van der Waals surface area contributed by atoms with Gasteiger partial charge in [-0.05, 0) is 42.8 Å². The summed E-state index contributed by atoms with van der Waals surface area (Å²) >= 11 is 3.17. The Bertz CT molecular complexity index is 549. The normalized spacial score (nSPS) is 13.8. The monoisotopic (exact) mass is 360 g/mol. The van der Waals surface area contributed by atoms with Crippen molar-refractivity contribution >= 4 is 27.6 Å². The maximum Gasteiger partial charge on any atom is 0.327 e. The Kier molecular flexibility index (Phi) is 5.68. The van der Waals surface area contributed by atoms with Crippen molar-refractivity contribution in [3.8, 4) is 5.75 Å². The summed E-state index contributed by atoms with van der Waals surface area (Å²) in [6.45, 7) is 4.84. The molecule has 1 aromatic rings. The standard InChI is InChI=1S/C13H17BrN2O5/c1-8(2)15-13(3,12(17)18)7-21-11-9(14)5-4-6-10(11)16(19)20/h4-6,8,15H,7H2,1-3H3,(H,17,18). The summed E-state index contributed by atoms with van der Waals surface area (Å²) in [6, 6.07) is 4.33. The number of carboxylic acids is 1. The number of hydrogen-bond donors (Lipinski definition) is 2. The molecule has 1 rings (SSSR count). The fraction of sp³-hybridized carbons (Fsp3) is 0.462. The average molecular weight is 361 g/mol. The van der Waals surface area contributed by atoms with Crippen LogP contribution in [0.4, 0.5) is 5.69 Å². The molecule has 0 saturated heterocycles. The molecule has 0 aliphatic carbocycles. The number of nitrogens with one attached hydrogen (secondary N) is 1. The Hall–Kier alpha value is -1.67. The highest BCUT2D eigenvalue weighted by Gasteiger charge is 2.35. The van der Waals surface area contributed by atoms with Gasteiger partial charge >= 0.3 is 11.7 Å². The van der Waals surface area contributed by atoms with Crippen molar-refractivity contribution in [2.24, 2.45) is 0 Å². The van der Waals surface area contributed by atoms with Crippen LogP contribution in [0.5, 0.6) is 5.75 Å². The first-order valence-electron chi connectivity index (χ1n) is 6.24. The lowest BCUT2D eigenvalue weighted by Crippen LogP contribution is -2.56. The van der Waals surface area contributed by atoms with Crippen molar-refractivity contribution in [2.45, 2.75) is 32.4 Å². The molecule has 0 bridgehead atoms. The molecular weight excluding hydrogens is 344 g/mol. The van der Waals surface area contributed by atoms with E-state index in [-0.39, 0.29) is 24.1 Å². The Morgan fingerprint density at radius 1 is 1.57 bits per heavy atom. The number of aliphatic carboxylic acids is 1. The third-order valence-corrected chi connectivity index (χ3v) is 3.35. The van der Waals surface area contributed by atoms with E-state index in [0.717, 1.165) is 0 Å². The first-order chi connectivity index (χ1) is 9.67. The molecular formula is C13H17BrN2O5. The topological polar surface area (TPSA) is 102 Å². The van der Waals surface area contributed by atoms with Crippen molar-refractivity contribution in [3.63, 3.8) is 0 Å². The summed E-state index contributed by atoms with van der Waals surface area (Å²) in [5, 5.41) is 23.2. The molecule has 7 nitrogen and oxygen atoms in total. The summed E-state index contributed by atoms with van der Waals surface area (Å²) in [5.74, 6) is -1.08. The van der Waals surface area contributed by atoms with Gasteiger partial charge in [0.05, 0.1) is 9.40 Å². The van der Waals surface area contributed by atoms with Gasteiger partial charge in [0.1, 0.15) is 12.1 Å². The van der Waals surface area contributed by atoms with E-state index in [9.17, 15) is 20.0 Å². The van der Waals surface area contributed by atoms with Gasteiger partial charge in [0.15, 0.2) is 0 Å². The van der Waals surface area contributed by atoms with E-state index in [0.29, 0.717) is 4.47 Å². The SMILES string of the molecule is CC(C)NC(C)(COc1c(Br)cccc1[N+](=O)[O-])C(=O)O. The third-order valence-electron chi connectivity index (χ3n) is 2.73. The van der Waals surface area contributed by atoms with Crippen LogP contribution in [-0.2, 0) is 4.79 Å². The Labute approximate surface area is 130 Å². The highest BCUT2D eigenvalue weighted by molar-refractivity contribution is 9.10. The van der Waals surface area contributed by atoms with Crippen molar-refractivity contribution in [1.82, 2.24) is 5.32 Å². The highest BCUT2D eigenvalue weighted by atomic mass is 79.9. The second-order valence-electron chi connectivity index (χ2n) is 5.07. The number of carboxylic acid groups (broad SMARTS) is 1. The number of carbonyl (C=O) groups is 1. The van der Waals surface area contributed by atoms with Gasteiger partial charge in [0.2, 0.25) is 5.75 Å². The van der Waals surface area contributed by atoms with Gasteiger partial charge in [-0.15, -0.1) is 0 Å². The molecule has 0 saturated carbocycles. The Morgan fingerprint density at radius 2 is 2.19 bits per heavy atom. The Morgan fingerprint density at radius 3 is 2.67 bits per heavy atom. The van der Waals surface area contributed by atoms with Crippen LogP contribution in [0.1, 0.15) is 20.8 Å². The highest BCUT2D eigenvalue weighted by Crippen LogP contribution is 2.35. The van der Waals surface area contributed by atoms with Crippen molar-refractivity contribution < 1.29 is 19.6 Å². The zero-order valence-electron chi connectivity index (χ0n) is 11.9. The Balaban J connectivity index is 3.01. The molecule has 1 unspecified atom stereocenters. The summed E-state index contributed by atoms with van der Waals surface area (Å²) in [6.07, 6.45) is 0. The van der Waals surface area contributed by atoms with Crippen molar-refractivity contribution in [3.05, 3.63) is 32.8 Å². The van der Waals surface area contributed by atoms with Crippen LogP contribution >= 0.6 is 15.9 Å². The number of ether oxygens (including phenoxy) is 1. The lowest BCUT2D eigenvalue weighted by Gasteiger charge is -2.28. The first-order valence-corrected chi connectivity index (χ1v) is 7.03. The molecule has 1 aromatic carbocycles. The van der Waals surface area contributed by atoms with Crippen LogP contribution in [-0.4, -0.2) is 34.2 Å². The van der Waals surface area contributed by atoms with Gasteiger partial charge in [0, 0.05) is 12.1 Å². The number of halogens is 1. The van der Waals surface area contributed by atoms with Crippen LogP contribution in [0.3, 0.4) is 0 Å². The van der Waals surface area contributed by atoms with E-state index in [1.54, 1.807) is 6.07 Å². The summed E-state index contributed by atoms with van der Waals surface area (Å²) < 4.78 is 5.82. The van der Waals surface area contributed by atoms with Crippen LogP contribution in [0.25, 0.3) is 0 Å². The minimum atomic E-state index is -1.35. The summed E-state index contributed by atoms with van der Waals surface area (Å²) in [5.41, 5.74) is -1.57. The van der Waals surface area contributed by atoms with E-state index in [1.807, 2.05) is 13.8 Å². The number of nitro groups is 1. The number of benzene rings is 1. The van der Waals surface area contributed by atoms with E-state index in [2.05, 4.69) is 21.2 Å². The van der Waals surface area contributed by atoms with E-state index >= 15 is 0 Å². The summed E-state index contributed by atoms with van der Waals surface area (Å²) in [7, 11) is 0. The van der Waals surface area contributed by atoms with Gasteiger partial charge in [-0.2, -0.15) is 0 Å². The fourth-order valence-corrected chi connectivity index (χ4v) is 2.27. The largest absolute Gasteiger partial charge is 0.483 e. The molecule has 0 aliphatic heterocycles. The maximum absolute atomic E-state index is 11.4. The van der Waals surface area contributed by atoms with Gasteiger partial charge in [-0.3, -0.25) is 20.2 Å². The lowest BCUT2D eigenvalue weighted by atomic mass is 10.0. The zero-order valence-corrected chi connectivity index (χ0v) is 13.5. The fourth-order valence-electron chi connectivity index (χ4n) is 1.80. The van der Waals surface area contributed by atoms with Crippen molar-refractivity contribution in [2.75, 3.05) is 6.61 Å². The molecule has 116 valence electrons. The van der Waals surface area contributed by atoms with Gasteiger partial charge < -0.3 is 9.84 Å². The van der Waals surface area contributed by atoms with Crippen LogP contribution in [0.2, 0.25) is 0 Å². The molecule has 8 heteroatoms. The molecule has 2 N–H and O–H groups in total. The summed E-state index contributed by atoms with van der Waals surface area (Å²) in [4.78, 5) is 21.8. The van der Waals surface area contributed by atoms with Crippen LogP contribution in [0, 0.1) is 10.1 Å². The van der Waals surface area contributed by atoms with E-state index < -0.39 is 16.4 Å². The average Bonchev–Trinajstić information content (AvgIpc) is 2.35. The molecule has 0 heterocycles. The third kappa shape index (κ3) is 4.40. The smallest absolute Gasteiger partial charge is 0.327 e. The molecule has 1 atom stereocenters. The number of nitrogens with zero attached hydrogens (tertiary/aromatic N) is 1. The first kappa shape index (κ1) is 17.4. The molecule has 0 radical (unpaired) electrons. The predicted octanol–water partition coefficient (Wildman–Crippen LogP) is 2.58. The second kappa shape index (κ2) is 6.86. The lowest BCUT2D eigenvalue weighted by molar-refractivity contribution is -0.386. The number of para-hydroxylation sites is 1. The van der Waals surface area contributed by atoms with Gasteiger partial charge in [0.25, 0.3) is 0 Å². The van der Waals surface area contributed by atoms with Crippen molar-refractivity contribution in [1.29, 1.82) is 0 Å². The van der Waals surface area contributed by atoms with E-state index in [4.69, 9.17) is 4.74 Å². The zero-order chi connectivity index (χ0) is 16.2. The van der Waals surface area contributed by atoms with Gasteiger partial charge in [-0.1, -0.05) is 6.07 Å². The predicted molar refractivity (Wildman–Crippen MR) is 80.6 cm³/mol.